The number of carbonyl (C=O) groups excluding carboxylic acids is 2. The third-order valence-corrected chi connectivity index (χ3v) is 2.37. The highest BCUT2D eigenvalue weighted by Gasteiger charge is 2.03. The predicted molar refractivity (Wildman–Crippen MR) is 70.1 cm³/mol. The zero-order valence-corrected chi connectivity index (χ0v) is 10.7. The van der Waals surface area contributed by atoms with Crippen molar-refractivity contribution in [2.75, 3.05) is 13.2 Å². The molecule has 0 radical (unpaired) electrons. The zero-order valence-electron chi connectivity index (χ0n) is 9.98. The Hall–Kier alpha value is -1.81. The first-order valence-electron chi connectivity index (χ1n) is 5.49. The van der Waals surface area contributed by atoms with Crippen molar-refractivity contribution < 1.29 is 14.3 Å². The highest BCUT2D eigenvalue weighted by atomic mass is 35.5. The number of carbonyl (C=O) groups is 2. The molecule has 0 saturated carbocycles. The van der Waals surface area contributed by atoms with Gasteiger partial charge in [-0.3, -0.25) is 4.79 Å². The fraction of sp³-hybridized carbons (Fsp3) is 0.231. The summed E-state index contributed by atoms with van der Waals surface area (Å²) >= 11 is 5.91. The second kappa shape index (κ2) is 7.50. The van der Waals surface area contributed by atoms with Crippen molar-refractivity contribution in [2.45, 2.75) is 6.92 Å². The van der Waals surface area contributed by atoms with Gasteiger partial charge in [-0.05, 0) is 24.6 Å². The van der Waals surface area contributed by atoms with Crippen LogP contribution >= 0.6 is 11.6 Å². The molecule has 0 bridgehead atoms. The summed E-state index contributed by atoms with van der Waals surface area (Å²) in [6, 6.07) is 7.11. The van der Waals surface area contributed by atoms with Crippen LogP contribution in [-0.2, 0) is 14.3 Å². The Kier molecular flexibility index (Phi) is 5.94. The van der Waals surface area contributed by atoms with Gasteiger partial charge >= 0.3 is 5.97 Å². The van der Waals surface area contributed by atoms with Gasteiger partial charge in [0.1, 0.15) is 0 Å². The lowest BCUT2D eigenvalue weighted by Gasteiger charge is -2.02. The molecular weight excluding hydrogens is 254 g/mol. The summed E-state index contributed by atoms with van der Waals surface area (Å²) in [5.74, 6) is -0.904. The van der Waals surface area contributed by atoms with Crippen LogP contribution in [0.2, 0.25) is 5.02 Å². The molecule has 96 valence electrons. The molecule has 4 nitrogen and oxygen atoms in total. The van der Waals surface area contributed by atoms with Crippen LogP contribution in [0.3, 0.4) is 0 Å². The Balaban J connectivity index is 2.45. The highest BCUT2D eigenvalue weighted by molar-refractivity contribution is 6.32. The number of benzene rings is 1. The van der Waals surface area contributed by atoms with Gasteiger partial charge in [0, 0.05) is 17.6 Å². The van der Waals surface area contributed by atoms with Crippen LogP contribution in [0.1, 0.15) is 12.5 Å². The Bertz CT molecular complexity index is 457. The van der Waals surface area contributed by atoms with Gasteiger partial charge in [0.15, 0.2) is 6.61 Å². The SMILES string of the molecule is CCNC(=O)COC(=O)C=Cc1ccccc1Cl. The summed E-state index contributed by atoms with van der Waals surface area (Å²) in [6.07, 6.45) is 2.78. The molecule has 0 spiro atoms. The van der Waals surface area contributed by atoms with E-state index in [-0.39, 0.29) is 12.5 Å². The molecule has 0 aromatic heterocycles. The maximum atomic E-state index is 11.3. The zero-order chi connectivity index (χ0) is 13.4. The number of amides is 1. The lowest BCUT2D eigenvalue weighted by Crippen LogP contribution is -2.28. The van der Waals surface area contributed by atoms with Crippen LogP contribution in [0.5, 0.6) is 0 Å². The molecule has 0 aliphatic carbocycles. The fourth-order valence-electron chi connectivity index (χ4n) is 1.20. The lowest BCUT2D eigenvalue weighted by atomic mass is 10.2. The van der Waals surface area contributed by atoms with Gasteiger partial charge in [-0.1, -0.05) is 29.8 Å². The first-order valence-corrected chi connectivity index (χ1v) is 5.87. The Morgan fingerprint density at radius 3 is 2.78 bits per heavy atom. The molecule has 0 heterocycles. The van der Waals surface area contributed by atoms with Gasteiger partial charge in [0.25, 0.3) is 5.91 Å². The van der Waals surface area contributed by atoms with Crippen LogP contribution in [0.15, 0.2) is 30.3 Å². The van der Waals surface area contributed by atoms with Crippen molar-refractivity contribution >= 4 is 29.6 Å². The van der Waals surface area contributed by atoms with E-state index in [2.05, 4.69) is 5.32 Å². The van der Waals surface area contributed by atoms with Crippen molar-refractivity contribution in [3.8, 4) is 0 Å². The number of halogens is 1. The molecule has 1 aromatic carbocycles. The van der Waals surface area contributed by atoms with E-state index in [0.717, 1.165) is 0 Å². The quantitative estimate of drug-likeness (QED) is 0.656. The minimum absolute atomic E-state index is 0.278. The molecule has 0 unspecified atom stereocenters. The molecule has 0 aliphatic heterocycles. The molecule has 5 heteroatoms. The van der Waals surface area contributed by atoms with Crippen LogP contribution in [0.25, 0.3) is 6.08 Å². The largest absolute Gasteiger partial charge is 0.452 e. The summed E-state index contributed by atoms with van der Waals surface area (Å²) in [6.45, 7) is 2.02. The smallest absolute Gasteiger partial charge is 0.331 e. The van der Waals surface area contributed by atoms with Gasteiger partial charge in [-0.2, -0.15) is 0 Å². The van der Waals surface area contributed by atoms with Crippen molar-refractivity contribution in [1.29, 1.82) is 0 Å². The number of likely N-dealkylation sites (N-methyl/N-ethyl adjacent to an activating group) is 1. The monoisotopic (exact) mass is 267 g/mol. The Morgan fingerprint density at radius 2 is 2.11 bits per heavy atom. The summed E-state index contributed by atoms with van der Waals surface area (Å²) in [4.78, 5) is 22.3. The number of ether oxygens (including phenoxy) is 1. The third kappa shape index (κ3) is 5.01. The molecular formula is C13H14ClNO3. The number of esters is 1. The molecule has 0 atom stereocenters. The summed E-state index contributed by atoms with van der Waals surface area (Å²) in [7, 11) is 0. The topological polar surface area (TPSA) is 55.4 Å². The highest BCUT2D eigenvalue weighted by Crippen LogP contribution is 2.16. The minimum atomic E-state index is -0.582. The number of hydrogen-bond donors (Lipinski definition) is 1. The van der Waals surface area contributed by atoms with Crippen LogP contribution in [-0.4, -0.2) is 25.0 Å². The van der Waals surface area contributed by atoms with E-state index in [9.17, 15) is 9.59 Å². The van der Waals surface area contributed by atoms with E-state index in [1.165, 1.54) is 6.08 Å². The van der Waals surface area contributed by atoms with Crippen LogP contribution in [0, 0.1) is 0 Å². The first-order chi connectivity index (χ1) is 8.63. The molecule has 1 amide bonds. The number of hydrogen-bond acceptors (Lipinski definition) is 3. The van der Waals surface area contributed by atoms with Crippen molar-refractivity contribution in [2.24, 2.45) is 0 Å². The molecule has 0 saturated heterocycles. The van der Waals surface area contributed by atoms with E-state index < -0.39 is 5.97 Å². The molecule has 0 aliphatic rings. The average molecular weight is 268 g/mol. The predicted octanol–water partition coefficient (Wildman–Crippen LogP) is 2.03. The summed E-state index contributed by atoms with van der Waals surface area (Å²) in [5, 5.41) is 3.07. The van der Waals surface area contributed by atoms with Crippen molar-refractivity contribution in [3.05, 3.63) is 40.9 Å². The van der Waals surface area contributed by atoms with Crippen LogP contribution in [0.4, 0.5) is 0 Å². The molecule has 1 N–H and O–H groups in total. The van der Waals surface area contributed by atoms with Gasteiger partial charge in [-0.15, -0.1) is 0 Å². The number of rotatable bonds is 5. The van der Waals surface area contributed by atoms with E-state index >= 15 is 0 Å². The standard InChI is InChI=1S/C13H14ClNO3/c1-2-15-12(16)9-18-13(17)8-7-10-5-3-4-6-11(10)14/h3-8H,2,9H2,1H3,(H,15,16). The Morgan fingerprint density at radius 1 is 1.39 bits per heavy atom. The second-order valence-electron chi connectivity index (χ2n) is 3.42. The molecule has 0 fully saturated rings. The Labute approximate surface area is 111 Å². The van der Waals surface area contributed by atoms with E-state index in [0.29, 0.717) is 17.1 Å². The van der Waals surface area contributed by atoms with E-state index in [1.54, 1.807) is 31.2 Å². The van der Waals surface area contributed by atoms with Gasteiger partial charge < -0.3 is 10.1 Å². The fourth-order valence-corrected chi connectivity index (χ4v) is 1.40. The van der Waals surface area contributed by atoms with Crippen molar-refractivity contribution in [3.63, 3.8) is 0 Å². The minimum Gasteiger partial charge on any atom is -0.452 e. The van der Waals surface area contributed by atoms with E-state index in [1.807, 2.05) is 6.07 Å². The normalized spacial score (nSPS) is 10.3. The van der Waals surface area contributed by atoms with Gasteiger partial charge in [0.2, 0.25) is 0 Å². The van der Waals surface area contributed by atoms with Crippen LogP contribution < -0.4 is 5.32 Å². The molecule has 1 rings (SSSR count). The van der Waals surface area contributed by atoms with Gasteiger partial charge in [-0.25, -0.2) is 4.79 Å². The van der Waals surface area contributed by atoms with Gasteiger partial charge in [0.05, 0.1) is 0 Å². The molecule has 18 heavy (non-hydrogen) atoms. The maximum absolute atomic E-state index is 11.3. The first kappa shape index (κ1) is 14.3. The lowest BCUT2D eigenvalue weighted by molar-refractivity contribution is -0.143. The summed E-state index contributed by atoms with van der Waals surface area (Å²) < 4.78 is 4.74. The third-order valence-electron chi connectivity index (χ3n) is 2.02. The molecule has 1 aromatic rings. The number of nitrogens with one attached hydrogen (secondary N) is 1. The maximum Gasteiger partial charge on any atom is 0.331 e. The average Bonchev–Trinajstić information content (AvgIpc) is 2.36. The van der Waals surface area contributed by atoms with E-state index in [4.69, 9.17) is 16.3 Å². The second-order valence-corrected chi connectivity index (χ2v) is 3.82. The summed E-state index contributed by atoms with van der Waals surface area (Å²) in [5.41, 5.74) is 0.717. The van der Waals surface area contributed by atoms with Crippen molar-refractivity contribution in [1.82, 2.24) is 5.32 Å².